The van der Waals surface area contributed by atoms with Gasteiger partial charge in [-0.15, -0.1) is 0 Å². The van der Waals surface area contributed by atoms with Crippen molar-refractivity contribution < 1.29 is 9.72 Å². The summed E-state index contributed by atoms with van der Waals surface area (Å²) in [5, 5.41) is 11.8. The summed E-state index contributed by atoms with van der Waals surface area (Å²) < 4.78 is 1.48. The number of carbonyl (C=O) groups excluding carboxylic acids is 1. The van der Waals surface area contributed by atoms with E-state index < -0.39 is 10.8 Å². The Morgan fingerprint density at radius 3 is 2.41 bits per heavy atom. The number of nitrogens with zero attached hydrogens (tertiary/aromatic N) is 2. The third-order valence-electron chi connectivity index (χ3n) is 3.48. The maximum absolute atomic E-state index is 11.7. The summed E-state index contributed by atoms with van der Waals surface area (Å²) in [6, 6.07) is 13.1. The Morgan fingerprint density at radius 2 is 1.73 bits per heavy atom. The molecule has 3 aromatic rings. The first-order chi connectivity index (χ1) is 10.5. The Balaban J connectivity index is 2.45. The van der Waals surface area contributed by atoms with Gasteiger partial charge in [0.25, 0.3) is 11.6 Å². The van der Waals surface area contributed by atoms with E-state index in [-0.39, 0.29) is 22.8 Å². The van der Waals surface area contributed by atoms with E-state index in [2.05, 4.69) is 0 Å². The topological polar surface area (TPSA) is 117 Å². The van der Waals surface area contributed by atoms with Crippen LogP contribution in [0.25, 0.3) is 16.6 Å². The number of fused-ring (bicyclic) bond motifs is 1. The lowest BCUT2D eigenvalue weighted by atomic mass is 10.1. The van der Waals surface area contributed by atoms with Crippen LogP contribution in [0.15, 0.2) is 48.5 Å². The van der Waals surface area contributed by atoms with Gasteiger partial charge in [-0.1, -0.05) is 30.3 Å². The van der Waals surface area contributed by atoms with Crippen LogP contribution >= 0.6 is 0 Å². The molecule has 0 fully saturated rings. The highest BCUT2D eigenvalue weighted by Gasteiger charge is 2.23. The molecule has 7 heteroatoms. The average Bonchev–Trinajstić information content (AvgIpc) is 2.79. The number of amides is 1. The van der Waals surface area contributed by atoms with E-state index in [1.165, 1.54) is 10.6 Å². The van der Waals surface area contributed by atoms with Crippen LogP contribution in [0.2, 0.25) is 0 Å². The number of rotatable bonds is 3. The van der Waals surface area contributed by atoms with Crippen molar-refractivity contribution in [2.24, 2.45) is 5.73 Å². The first-order valence-electron chi connectivity index (χ1n) is 6.45. The van der Waals surface area contributed by atoms with Crippen LogP contribution in [-0.4, -0.2) is 15.4 Å². The van der Waals surface area contributed by atoms with Crippen molar-refractivity contribution in [3.63, 3.8) is 0 Å². The summed E-state index contributed by atoms with van der Waals surface area (Å²) in [5.41, 5.74) is 12.4. The van der Waals surface area contributed by atoms with E-state index in [1.807, 2.05) is 0 Å². The maximum atomic E-state index is 11.7. The van der Waals surface area contributed by atoms with Gasteiger partial charge in [-0.05, 0) is 12.1 Å². The van der Waals surface area contributed by atoms with Gasteiger partial charge in [-0.3, -0.25) is 19.5 Å². The van der Waals surface area contributed by atoms with Crippen LogP contribution in [0.5, 0.6) is 0 Å². The van der Waals surface area contributed by atoms with Crippen molar-refractivity contribution in [2.75, 3.05) is 5.73 Å². The summed E-state index contributed by atoms with van der Waals surface area (Å²) >= 11 is 0. The molecule has 4 N–H and O–H groups in total. The Kier molecular flexibility index (Phi) is 3.03. The van der Waals surface area contributed by atoms with Crippen molar-refractivity contribution in [3.8, 4) is 5.69 Å². The number of hydrogen-bond donors (Lipinski definition) is 2. The fourth-order valence-corrected chi connectivity index (χ4v) is 2.59. The second-order valence-corrected chi connectivity index (χ2v) is 4.72. The molecule has 0 saturated heterocycles. The summed E-state index contributed by atoms with van der Waals surface area (Å²) in [4.78, 5) is 22.4. The third kappa shape index (κ3) is 1.87. The number of benzene rings is 2. The second-order valence-electron chi connectivity index (χ2n) is 4.72. The van der Waals surface area contributed by atoms with E-state index in [1.54, 1.807) is 42.5 Å². The maximum Gasteiger partial charge on any atom is 0.293 e. The van der Waals surface area contributed by atoms with Crippen LogP contribution in [0.1, 0.15) is 10.4 Å². The highest BCUT2D eigenvalue weighted by Crippen LogP contribution is 2.34. The van der Waals surface area contributed by atoms with Crippen LogP contribution in [0, 0.1) is 10.1 Å². The number of nitrogen functional groups attached to an aromatic ring is 1. The van der Waals surface area contributed by atoms with Gasteiger partial charge in [-0.25, -0.2) is 0 Å². The van der Waals surface area contributed by atoms with Crippen LogP contribution < -0.4 is 11.5 Å². The zero-order valence-corrected chi connectivity index (χ0v) is 11.4. The summed E-state index contributed by atoms with van der Waals surface area (Å²) in [5.74, 6) is -0.589. The molecule has 1 amide bonds. The number of nitro groups is 1. The van der Waals surface area contributed by atoms with Gasteiger partial charge in [0.1, 0.15) is 11.5 Å². The molecule has 0 aliphatic heterocycles. The minimum Gasteiger partial charge on any atom is -0.384 e. The third-order valence-corrected chi connectivity index (χ3v) is 3.48. The van der Waals surface area contributed by atoms with Crippen LogP contribution in [-0.2, 0) is 0 Å². The molecule has 1 aromatic heterocycles. The smallest absolute Gasteiger partial charge is 0.293 e. The molecule has 0 radical (unpaired) electrons. The Hall–Kier alpha value is -3.35. The molecule has 22 heavy (non-hydrogen) atoms. The molecule has 0 saturated carbocycles. The first kappa shape index (κ1) is 13.6. The van der Waals surface area contributed by atoms with Gasteiger partial charge in [-0.2, -0.15) is 0 Å². The molecule has 0 bridgehead atoms. The SMILES string of the molecule is NC(=O)c1c(N)n(-c2ccccc2[N+](=O)[O-])c2ccccc12. The standard InChI is InChI=1S/C15H12N4O3/c16-14-13(15(17)20)9-5-1-2-6-10(9)18(14)11-7-3-4-8-12(11)19(21)22/h1-8H,16H2,(H2,17,20). The quantitative estimate of drug-likeness (QED) is 0.569. The van der Waals surface area contributed by atoms with Crippen LogP contribution in [0.4, 0.5) is 11.5 Å². The van der Waals surface area contributed by atoms with Crippen LogP contribution in [0.3, 0.4) is 0 Å². The minimum atomic E-state index is -0.675. The van der Waals surface area contributed by atoms with Gasteiger partial charge >= 0.3 is 0 Å². The summed E-state index contributed by atoms with van der Waals surface area (Å²) in [7, 11) is 0. The molecule has 1 heterocycles. The molecule has 0 atom stereocenters. The predicted molar refractivity (Wildman–Crippen MR) is 82.9 cm³/mol. The molecule has 0 unspecified atom stereocenters. The zero-order valence-electron chi connectivity index (χ0n) is 11.4. The van der Waals surface area contributed by atoms with Crippen molar-refractivity contribution in [1.29, 1.82) is 0 Å². The predicted octanol–water partition coefficient (Wildman–Crippen LogP) is 2.22. The number of para-hydroxylation sites is 3. The number of primary amides is 1. The molecular weight excluding hydrogens is 284 g/mol. The number of anilines is 1. The van der Waals surface area contributed by atoms with Gasteiger partial charge < -0.3 is 11.5 Å². The van der Waals surface area contributed by atoms with Crippen molar-refractivity contribution in [2.45, 2.75) is 0 Å². The van der Waals surface area contributed by atoms with Gasteiger partial charge in [0, 0.05) is 11.5 Å². The summed E-state index contributed by atoms with van der Waals surface area (Å²) in [6.45, 7) is 0. The number of aromatic nitrogens is 1. The molecule has 2 aromatic carbocycles. The Labute approximate surface area is 124 Å². The van der Waals surface area contributed by atoms with Crippen molar-refractivity contribution in [3.05, 3.63) is 64.2 Å². The average molecular weight is 296 g/mol. The molecule has 0 aliphatic rings. The van der Waals surface area contributed by atoms with E-state index in [4.69, 9.17) is 11.5 Å². The van der Waals surface area contributed by atoms with E-state index in [0.717, 1.165) is 0 Å². The van der Waals surface area contributed by atoms with E-state index in [0.29, 0.717) is 10.9 Å². The number of nitro benzene ring substituents is 1. The van der Waals surface area contributed by atoms with Gasteiger partial charge in [0.2, 0.25) is 0 Å². The Morgan fingerprint density at radius 1 is 1.09 bits per heavy atom. The van der Waals surface area contributed by atoms with Crippen molar-refractivity contribution in [1.82, 2.24) is 4.57 Å². The van der Waals surface area contributed by atoms with E-state index >= 15 is 0 Å². The summed E-state index contributed by atoms with van der Waals surface area (Å²) in [6.07, 6.45) is 0. The monoisotopic (exact) mass is 296 g/mol. The largest absolute Gasteiger partial charge is 0.384 e. The molecule has 3 rings (SSSR count). The lowest BCUT2D eigenvalue weighted by Crippen LogP contribution is -2.13. The number of nitrogens with two attached hydrogens (primary N) is 2. The highest BCUT2D eigenvalue weighted by atomic mass is 16.6. The normalized spacial score (nSPS) is 10.7. The Bertz CT molecular complexity index is 914. The zero-order chi connectivity index (χ0) is 15.9. The first-order valence-corrected chi connectivity index (χ1v) is 6.45. The van der Waals surface area contributed by atoms with Gasteiger partial charge in [0.05, 0.1) is 16.0 Å². The molecule has 110 valence electrons. The van der Waals surface area contributed by atoms with Crippen molar-refractivity contribution >= 4 is 28.3 Å². The molecule has 0 spiro atoms. The number of hydrogen-bond acceptors (Lipinski definition) is 4. The number of carbonyl (C=O) groups is 1. The molecular formula is C15H12N4O3. The fourth-order valence-electron chi connectivity index (χ4n) is 2.59. The molecule has 0 aliphatic carbocycles. The highest BCUT2D eigenvalue weighted by molar-refractivity contribution is 6.11. The lowest BCUT2D eigenvalue weighted by molar-refractivity contribution is -0.384. The van der Waals surface area contributed by atoms with E-state index in [9.17, 15) is 14.9 Å². The lowest BCUT2D eigenvalue weighted by Gasteiger charge is -2.08. The van der Waals surface area contributed by atoms with Gasteiger partial charge in [0.15, 0.2) is 0 Å². The molecule has 7 nitrogen and oxygen atoms in total. The second kappa shape index (κ2) is 4.88. The fraction of sp³-hybridized carbons (Fsp3) is 0. The minimum absolute atomic E-state index is 0.0861.